The fraction of sp³-hybridized carbons (Fsp3) is 0.560. The van der Waals surface area contributed by atoms with E-state index in [-0.39, 0.29) is 23.0 Å². The Labute approximate surface area is 208 Å². The molecular formula is C25H32F3N5O3. The summed E-state index contributed by atoms with van der Waals surface area (Å²) < 4.78 is 49.4. The summed E-state index contributed by atoms with van der Waals surface area (Å²) in [4.78, 5) is 35.0. The number of aromatic nitrogens is 2. The molecule has 196 valence electrons. The van der Waals surface area contributed by atoms with Gasteiger partial charge in [0.25, 0.3) is 5.91 Å². The van der Waals surface area contributed by atoms with Gasteiger partial charge in [-0.1, -0.05) is 20.8 Å². The van der Waals surface area contributed by atoms with Gasteiger partial charge in [0, 0.05) is 32.2 Å². The van der Waals surface area contributed by atoms with Crippen molar-refractivity contribution in [3.8, 4) is 11.4 Å². The fourth-order valence-corrected chi connectivity index (χ4v) is 4.62. The molecule has 3 heterocycles. The average Bonchev–Trinajstić information content (AvgIpc) is 3.05. The van der Waals surface area contributed by atoms with Gasteiger partial charge in [-0.05, 0) is 31.5 Å². The lowest BCUT2D eigenvalue weighted by Crippen LogP contribution is -2.56. The van der Waals surface area contributed by atoms with Crippen molar-refractivity contribution in [1.82, 2.24) is 24.7 Å². The number of nitrogens with one attached hydrogen (secondary N) is 1. The van der Waals surface area contributed by atoms with Gasteiger partial charge in [0.1, 0.15) is 17.7 Å². The molecular weight excluding hydrogens is 475 g/mol. The largest absolute Gasteiger partial charge is 0.378 e. The molecule has 0 saturated carbocycles. The second-order valence-corrected chi connectivity index (χ2v) is 10.4. The Morgan fingerprint density at radius 2 is 1.69 bits per heavy atom. The zero-order valence-electron chi connectivity index (χ0n) is 21.0. The van der Waals surface area contributed by atoms with E-state index in [0.29, 0.717) is 57.6 Å². The van der Waals surface area contributed by atoms with E-state index in [1.807, 2.05) is 32.7 Å². The van der Waals surface area contributed by atoms with Crippen molar-refractivity contribution in [2.24, 2.45) is 5.41 Å². The van der Waals surface area contributed by atoms with E-state index < -0.39 is 34.8 Å². The van der Waals surface area contributed by atoms with Crippen LogP contribution >= 0.6 is 0 Å². The third-order valence-electron chi connectivity index (χ3n) is 6.59. The number of fused-ring (bicyclic) bond motifs is 1. The summed E-state index contributed by atoms with van der Waals surface area (Å²) in [6.45, 7) is 8.81. The van der Waals surface area contributed by atoms with Crippen LogP contribution in [0.15, 0.2) is 12.1 Å². The Balaban J connectivity index is 1.74. The molecule has 2 amide bonds. The summed E-state index contributed by atoms with van der Waals surface area (Å²) in [6, 6.07) is 0.398. The van der Waals surface area contributed by atoms with Crippen molar-refractivity contribution in [1.29, 1.82) is 0 Å². The molecule has 0 unspecified atom stereocenters. The summed E-state index contributed by atoms with van der Waals surface area (Å²) in [6.07, 6.45) is 0.694. The number of halogens is 3. The Bertz CT molecular complexity index is 1150. The van der Waals surface area contributed by atoms with Crippen molar-refractivity contribution in [2.45, 2.75) is 46.3 Å². The minimum absolute atomic E-state index is 0.0342. The van der Waals surface area contributed by atoms with E-state index in [1.165, 1.54) is 0 Å². The van der Waals surface area contributed by atoms with Crippen LogP contribution in [-0.4, -0.2) is 77.1 Å². The normalized spacial score (nSPS) is 17.9. The lowest BCUT2D eigenvalue weighted by molar-refractivity contribution is -0.139. The molecule has 1 saturated heterocycles. The van der Waals surface area contributed by atoms with Gasteiger partial charge in [0.05, 0.1) is 24.5 Å². The van der Waals surface area contributed by atoms with Crippen LogP contribution in [-0.2, 0) is 22.6 Å². The number of nitrogens with zero attached hydrogens (tertiary/aromatic N) is 4. The van der Waals surface area contributed by atoms with E-state index >= 15 is 0 Å². The van der Waals surface area contributed by atoms with E-state index in [1.54, 1.807) is 9.47 Å². The summed E-state index contributed by atoms with van der Waals surface area (Å²) in [5, 5.41) is 2.86. The van der Waals surface area contributed by atoms with Gasteiger partial charge in [-0.15, -0.1) is 0 Å². The van der Waals surface area contributed by atoms with Crippen molar-refractivity contribution >= 4 is 11.8 Å². The Hall–Kier alpha value is -2.92. The molecule has 0 radical (unpaired) electrons. The van der Waals surface area contributed by atoms with E-state index in [4.69, 9.17) is 4.74 Å². The van der Waals surface area contributed by atoms with Gasteiger partial charge in [-0.3, -0.25) is 9.59 Å². The first-order chi connectivity index (χ1) is 17.0. The molecule has 11 heteroatoms. The number of carbonyl (C=O) groups excluding carboxylic acids is 2. The monoisotopic (exact) mass is 507 g/mol. The molecule has 2 aromatic rings. The van der Waals surface area contributed by atoms with Gasteiger partial charge in [0.2, 0.25) is 5.91 Å². The average molecular weight is 508 g/mol. The molecule has 8 nitrogen and oxygen atoms in total. The molecule has 0 bridgehead atoms. The van der Waals surface area contributed by atoms with Crippen LogP contribution < -0.4 is 5.32 Å². The van der Waals surface area contributed by atoms with Gasteiger partial charge in [-0.2, -0.15) is 0 Å². The highest BCUT2D eigenvalue weighted by Gasteiger charge is 2.38. The molecule has 36 heavy (non-hydrogen) atoms. The molecule has 1 aromatic carbocycles. The van der Waals surface area contributed by atoms with Crippen LogP contribution in [0, 0.1) is 22.9 Å². The Morgan fingerprint density at radius 1 is 1.03 bits per heavy atom. The van der Waals surface area contributed by atoms with Crippen molar-refractivity contribution in [3.05, 3.63) is 41.0 Å². The lowest BCUT2D eigenvalue weighted by Gasteiger charge is -2.36. The van der Waals surface area contributed by atoms with Crippen LogP contribution in [0.25, 0.3) is 11.4 Å². The van der Waals surface area contributed by atoms with E-state index in [0.717, 1.165) is 12.6 Å². The Kier molecular flexibility index (Phi) is 7.42. The molecule has 1 atom stereocenters. The molecule has 0 spiro atoms. The summed E-state index contributed by atoms with van der Waals surface area (Å²) in [5.74, 6) is -4.22. The summed E-state index contributed by atoms with van der Waals surface area (Å²) in [7, 11) is 1.89. The van der Waals surface area contributed by atoms with Gasteiger partial charge in [0.15, 0.2) is 17.3 Å². The second kappa shape index (κ2) is 10.2. The quantitative estimate of drug-likeness (QED) is 0.644. The van der Waals surface area contributed by atoms with Crippen molar-refractivity contribution in [2.75, 3.05) is 39.9 Å². The molecule has 2 aliphatic heterocycles. The zero-order valence-corrected chi connectivity index (χ0v) is 21.0. The summed E-state index contributed by atoms with van der Waals surface area (Å²) in [5.41, 5.74) is -0.270. The predicted molar refractivity (Wildman–Crippen MR) is 127 cm³/mol. The topological polar surface area (TPSA) is 79.7 Å². The highest BCUT2D eigenvalue weighted by Crippen LogP contribution is 2.30. The van der Waals surface area contributed by atoms with Gasteiger partial charge < -0.3 is 24.4 Å². The third-order valence-corrected chi connectivity index (χ3v) is 6.59. The number of amides is 2. The zero-order chi connectivity index (χ0) is 26.2. The number of ether oxygens (including phenoxy) is 1. The maximum Gasteiger partial charge on any atom is 0.272 e. The first-order valence-electron chi connectivity index (χ1n) is 12.1. The number of rotatable bonds is 4. The molecule has 4 rings (SSSR count). The van der Waals surface area contributed by atoms with Crippen LogP contribution in [0.5, 0.6) is 0 Å². The fourth-order valence-electron chi connectivity index (χ4n) is 4.62. The number of hydrogen-bond donors (Lipinski definition) is 1. The maximum absolute atomic E-state index is 14.7. The number of hydrogen-bond acceptors (Lipinski definition) is 5. The van der Waals surface area contributed by atoms with Crippen LogP contribution in [0.3, 0.4) is 0 Å². The van der Waals surface area contributed by atoms with Gasteiger partial charge >= 0.3 is 0 Å². The standard InChI is InChI=1S/C25H32F3N5O3/c1-25(2,3)21(24(35)32-8-10-36-11-9-32)30-23(34)20-19-14-31(4)6-5-7-33(19)22(29-20)15-12-17(27)18(28)13-16(15)26/h12-13,21H,5-11,14H2,1-4H3,(H,30,34)/t21-/m1/s1. The van der Waals surface area contributed by atoms with Crippen molar-refractivity contribution in [3.63, 3.8) is 0 Å². The highest BCUT2D eigenvalue weighted by atomic mass is 19.2. The van der Waals surface area contributed by atoms with Crippen LogP contribution in [0.2, 0.25) is 0 Å². The highest BCUT2D eigenvalue weighted by molar-refractivity contribution is 5.98. The van der Waals surface area contributed by atoms with Crippen LogP contribution in [0.4, 0.5) is 13.2 Å². The SMILES string of the molecule is CN1CCCn2c(-c3cc(F)c(F)cc3F)nc(C(=O)N[C@H](C(=O)N3CCOCC3)C(C)(C)C)c2C1. The molecule has 0 aliphatic carbocycles. The predicted octanol–water partition coefficient (Wildman–Crippen LogP) is 2.81. The smallest absolute Gasteiger partial charge is 0.272 e. The van der Waals surface area contributed by atoms with E-state index in [9.17, 15) is 22.8 Å². The Morgan fingerprint density at radius 3 is 2.36 bits per heavy atom. The number of benzene rings is 1. The number of carbonyl (C=O) groups is 2. The summed E-state index contributed by atoms with van der Waals surface area (Å²) >= 11 is 0. The first-order valence-corrected chi connectivity index (χ1v) is 12.1. The molecule has 2 aliphatic rings. The van der Waals surface area contributed by atoms with Crippen LogP contribution in [0.1, 0.15) is 43.4 Å². The molecule has 1 aromatic heterocycles. The number of imidazole rings is 1. The van der Waals surface area contributed by atoms with Gasteiger partial charge in [-0.25, -0.2) is 18.2 Å². The maximum atomic E-state index is 14.7. The molecule has 1 N–H and O–H groups in total. The molecule has 1 fully saturated rings. The third kappa shape index (κ3) is 5.27. The van der Waals surface area contributed by atoms with E-state index in [2.05, 4.69) is 10.3 Å². The minimum Gasteiger partial charge on any atom is -0.378 e. The first kappa shape index (κ1) is 26.2. The minimum atomic E-state index is -1.30. The van der Waals surface area contributed by atoms with Crippen molar-refractivity contribution < 1.29 is 27.5 Å². The number of morpholine rings is 1. The second-order valence-electron chi connectivity index (χ2n) is 10.4. The lowest BCUT2D eigenvalue weighted by atomic mass is 9.85.